The summed E-state index contributed by atoms with van der Waals surface area (Å²) in [6.45, 7) is 7.67. The summed E-state index contributed by atoms with van der Waals surface area (Å²) in [6.07, 6.45) is 0. The number of sulfonamides is 1. The number of nitrogens with one attached hydrogen (secondary N) is 1. The van der Waals surface area contributed by atoms with E-state index in [1.807, 2.05) is 20.8 Å². The summed E-state index contributed by atoms with van der Waals surface area (Å²) in [5.41, 5.74) is 1.05. The highest BCUT2D eigenvalue weighted by Crippen LogP contribution is 2.23. The first-order chi connectivity index (χ1) is 13.1. The van der Waals surface area contributed by atoms with E-state index in [2.05, 4.69) is 4.72 Å². The van der Waals surface area contributed by atoms with Gasteiger partial charge in [-0.1, -0.05) is 63.2 Å². The van der Waals surface area contributed by atoms with Crippen LogP contribution in [0.4, 0.5) is 0 Å². The Labute approximate surface area is 166 Å². The molecule has 2 aromatic rings. The Morgan fingerprint density at radius 3 is 2.07 bits per heavy atom. The number of ether oxygens (including phenoxy) is 1. The van der Waals surface area contributed by atoms with Gasteiger partial charge >= 0.3 is 5.97 Å². The zero-order chi connectivity index (χ0) is 20.9. The zero-order valence-electron chi connectivity index (χ0n) is 16.4. The molecule has 1 N–H and O–H groups in total. The third kappa shape index (κ3) is 5.27. The van der Waals surface area contributed by atoms with Gasteiger partial charge in [0.05, 0.1) is 11.5 Å². The van der Waals surface area contributed by atoms with Crippen LogP contribution in [0.5, 0.6) is 0 Å². The van der Waals surface area contributed by atoms with E-state index in [-0.39, 0.29) is 22.5 Å². The van der Waals surface area contributed by atoms with E-state index in [0.717, 1.165) is 5.56 Å². The molecule has 0 aliphatic heterocycles. The van der Waals surface area contributed by atoms with Crippen molar-refractivity contribution in [2.75, 3.05) is 6.61 Å². The van der Waals surface area contributed by atoms with Crippen molar-refractivity contribution in [3.63, 3.8) is 0 Å². The molecule has 28 heavy (non-hydrogen) atoms. The first-order valence-electron chi connectivity index (χ1n) is 8.95. The molecule has 7 heteroatoms. The van der Waals surface area contributed by atoms with Gasteiger partial charge in [-0.3, -0.25) is 4.79 Å². The summed E-state index contributed by atoms with van der Waals surface area (Å²) in [5, 5.41) is 0. The van der Waals surface area contributed by atoms with Gasteiger partial charge in [0.25, 0.3) is 0 Å². The summed E-state index contributed by atoms with van der Waals surface area (Å²) < 4.78 is 32.7. The Morgan fingerprint density at radius 2 is 1.57 bits per heavy atom. The van der Waals surface area contributed by atoms with Crippen molar-refractivity contribution in [3.05, 3.63) is 65.7 Å². The zero-order valence-corrected chi connectivity index (χ0v) is 17.2. The molecule has 0 amide bonds. The minimum Gasteiger partial charge on any atom is -0.464 e. The second kappa shape index (κ2) is 8.67. The standard InChI is InChI=1S/C21H25NO5S/c1-5-27-20(24)18(19(23)15-9-7-6-8-10-15)22-28(25,26)17-13-11-16(12-14-17)21(2,3)4/h6-14,18,22H,5H2,1-4H3. The summed E-state index contributed by atoms with van der Waals surface area (Å²) in [7, 11) is -4.11. The first kappa shape index (κ1) is 21.8. The number of Topliss-reactive ketones (excluding diaryl/α,β-unsaturated/α-hetero) is 1. The van der Waals surface area contributed by atoms with E-state index < -0.39 is 27.8 Å². The van der Waals surface area contributed by atoms with Crippen molar-refractivity contribution in [2.45, 2.75) is 44.0 Å². The fraction of sp³-hybridized carbons (Fsp3) is 0.333. The molecule has 0 aliphatic carbocycles. The van der Waals surface area contributed by atoms with Gasteiger partial charge in [0.2, 0.25) is 10.0 Å². The molecule has 0 saturated carbocycles. The molecule has 150 valence electrons. The van der Waals surface area contributed by atoms with E-state index in [9.17, 15) is 18.0 Å². The van der Waals surface area contributed by atoms with Gasteiger partial charge in [0.15, 0.2) is 11.8 Å². The molecule has 0 aromatic heterocycles. The fourth-order valence-electron chi connectivity index (χ4n) is 2.56. The van der Waals surface area contributed by atoms with Gasteiger partial charge in [-0.15, -0.1) is 0 Å². The van der Waals surface area contributed by atoms with Gasteiger partial charge in [-0.25, -0.2) is 13.2 Å². The Kier molecular flexibility index (Phi) is 6.74. The summed E-state index contributed by atoms with van der Waals surface area (Å²) in [5.74, 6) is -1.61. The molecule has 0 bridgehead atoms. The van der Waals surface area contributed by atoms with Crippen molar-refractivity contribution in [3.8, 4) is 0 Å². The quantitative estimate of drug-likeness (QED) is 0.436. The normalized spacial score (nSPS) is 13.0. The molecule has 1 unspecified atom stereocenters. The van der Waals surface area contributed by atoms with Crippen LogP contribution < -0.4 is 4.72 Å². The van der Waals surface area contributed by atoms with Crippen LogP contribution in [0, 0.1) is 0 Å². The topological polar surface area (TPSA) is 89.5 Å². The molecule has 0 spiro atoms. The highest BCUT2D eigenvalue weighted by molar-refractivity contribution is 7.89. The molecule has 2 rings (SSSR count). The Bertz CT molecular complexity index is 929. The number of carbonyl (C=O) groups is 2. The number of benzene rings is 2. The minimum absolute atomic E-state index is 0.0272. The van der Waals surface area contributed by atoms with Crippen LogP contribution in [0.25, 0.3) is 0 Å². The molecule has 2 aromatic carbocycles. The molecular formula is C21H25NO5S. The lowest BCUT2D eigenvalue weighted by molar-refractivity contribution is -0.143. The Morgan fingerprint density at radius 1 is 1.00 bits per heavy atom. The van der Waals surface area contributed by atoms with Gasteiger partial charge in [-0.2, -0.15) is 4.72 Å². The lowest BCUT2D eigenvalue weighted by atomic mass is 9.87. The smallest absolute Gasteiger partial charge is 0.332 e. The maximum absolute atomic E-state index is 12.8. The number of ketones is 1. The number of carbonyl (C=O) groups excluding carboxylic acids is 2. The largest absolute Gasteiger partial charge is 0.464 e. The van der Waals surface area contributed by atoms with Crippen LogP contribution in [0.3, 0.4) is 0 Å². The first-order valence-corrected chi connectivity index (χ1v) is 10.4. The highest BCUT2D eigenvalue weighted by Gasteiger charge is 2.33. The third-order valence-electron chi connectivity index (χ3n) is 4.15. The minimum atomic E-state index is -4.11. The van der Waals surface area contributed by atoms with Crippen molar-refractivity contribution in [1.29, 1.82) is 0 Å². The number of hydrogen-bond acceptors (Lipinski definition) is 5. The van der Waals surface area contributed by atoms with E-state index in [1.54, 1.807) is 37.3 Å². The molecule has 0 radical (unpaired) electrons. The van der Waals surface area contributed by atoms with Crippen LogP contribution in [-0.4, -0.2) is 32.8 Å². The van der Waals surface area contributed by atoms with Crippen LogP contribution >= 0.6 is 0 Å². The average molecular weight is 404 g/mol. The number of esters is 1. The number of rotatable bonds is 7. The summed E-state index contributed by atoms with van der Waals surface area (Å²) in [6, 6.07) is 12.7. The van der Waals surface area contributed by atoms with Crippen molar-refractivity contribution in [2.24, 2.45) is 0 Å². The molecule has 0 heterocycles. The lowest BCUT2D eigenvalue weighted by Gasteiger charge is -2.20. The number of hydrogen-bond donors (Lipinski definition) is 1. The second-order valence-electron chi connectivity index (χ2n) is 7.31. The summed E-state index contributed by atoms with van der Waals surface area (Å²) >= 11 is 0. The molecule has 0 fully saturated rings. The van der Waals surface area contributed by atoms with Crippen LogP contribution in [0.1, 0.15) is 43.6 Å². The van der Waals surface area contributed by atoms with Gasteiger partial charge in [-0.05, 0) is 30.0 Å². The second-order valence-corrected chi connectivity index (χ2v) is 9.02. The predicted molar refractivity (Wildman–Crippen MR) is 107 cm³/mol. The lowest BCUT2D eigenvalue weighted by Crippen LogP contribution is -2.47. The van der Waals surface area contributed by atoms with E-state index in [4.69, 9.17) is 4.74 Å². The van der Waals surface area contributed by atoms with E-state index in [1.165, 1.54) is 24.3 Å². The summed E-state index contributed by atoms with van der Waals surface area (Å²) in [4.78, 5) is 25.0. The monoisotopic (exact) mass is 403 g/mol. The fourth-order valence-corrected chi connectivity index (χ4v) is 3.70. The predicted octanol–water partition coefficient (Wildman–Crippen LogP) is 3.08. The molecule has 1 atom stereocenters. The third-order valence-corrected chi connectivity index (χ3v) is 5.59. The maximum atomic E-state index is 12.8. The van der Waals surface area contributed by atoms with Gasteiger partial charge < -0.3 is 4.74 Å². The van der Waals surface area contributed by atoms with Crippen LogP contribution in [0.15, 0.2) is 59.5 Å². The molecule has 0 saturated heterocycles. The SMILES string of the molecule is CCOC(=O)C(NS(=O)(=O)c1ccc(C(C)(C)C)cc1)C(=O)c1ccccc1. The van der Waals surface area contributed by atoms with Crippen LogP contribution in [0.2, 0.25) is 0 Å². The van der Waals surface area contributed by atoms with E-state index in [0.29, 0.717) is 0 Å². The Balaban J connectivity index is 2.34. The van der Waals surface area contributed by atoms with Crippen molar-refractivity contribution >= 4 is 21.8 Å². The molecule has 6 nitrogen and oxygen atoms in total. The molecule has 0 aliphatic rings. The van der Waals surface area contributed by atoms with Gasteiger partial charge in [0.1, 0.15) is 0 Å². The maximum Gasteiger partial charge on any atom is 0.332 e. The van der Waals surface area contributed by atoms with Crippen molar-refractivity contribution in [1.82, 2.24) is 4.72 Å². The van der Waals surface area contributed by atoms with Gasteiger partial charge in [0, 0.05) is 5.56 Å². The Hall–Kier alpha value is -2.51. The average Bonchev–Trinajstić information content (AvgIpc) is 2.66. The van der Waals surface area contributed by atoms with Crippen molar-refractivity contribution < 1.29 is 22.7 Å². The van der Waals surface area contributed by atoms with E-state index >= 15 is 0 Å². The molecular weight excluding hydrogens is 378 g/mol. The van der Waals surface area contributed by atoms with Crippen LogP contribution in [-0.2, 0) is 25.0 Å². The highest BCUT2D eigenvalue weighted by atomic mass is 32.2.